The first-order valence-electron chi connectivity index (χ1n) is 7.79. The number of anilines is 1. The van der Waals surface area contributed by atoms with Crippen LogP contribution in [0.1, 0.15) is 12.0 Å². The topological polar surface area (TPSA) is 82.9 Å². The van der Waals surface area contributed by atoms with Crippen LogP contribution in [0.2, 0.25) is 5.02 Å². The Balaban J connectivity index is 1.55. The van der Waals surface area contributed by atoms with Crippen molar-refractivity contribution in [3.63, 3.8) is 0 Å². The number of rotatable bonds is 5. The molecule has 1 saturated heterocycles. The molecule has 0 saturated carbocycles. The van der Waals surface area contributed by atoms with Crippen LogP contribution >= 0.6 is 23.4 Å². The predicted molar refractivity (Wildman–Crippen MR) is 106 cm³/mol. The van der Waals surface area contributed by atoms with Gasteiger partial charge in [0.2, 0.25) is 11.8 Å². The molecule has 8 heteroatoms. The zero-order valence-electron chi connectivity index (χ0n) is 13.6. The van der Waals surface area contributed by atoms with Gasteiger partial charge in [-0.2, -0.15) is 5.10 Å². The van der Waals surface area contributed by atoms with Crippen molar-refractivity contribution in [2.75, 3.05) is 5.32 Å². The lowest BCUT2D eigenvalue weighted by Gasteiger charge is -2.06. The molecule has 0 aromatic heterocycles. The molecule has 0 bridgehead atoms. The van der Waals surface area contributed by atoms with E-state index in [1.807, 2.05) is 30.3 Å². The minimum Gasteiger partial charge on any atom is -0.326 e. The molecular formula is C18H15ClN4O2S. The fraction of sp³-hybridized carbons (Fsp3) is 0.111. The quantitative estimate of drug-likeness (QED) is 0.611. The van der Waals surface area contributed by atoms with Gasteiger partial charge < -0.3 is 10.6 Å². The first kappa shape index (κ1) is 18.2. The largest absolute Gasteiger partial charge is 0.326 e. The second-order valence-corrected chi connectivity index (χ2v) is 7.05. The van der Waals surface area contributed by atoms with Crippen LogP contribution in [0.15, 0.2) is 64.8 Å². The summed E-state index contributed by atoms with van der Waals surface area (Å²) in [5.41, 5.74) is 1.50. The molecule has 1 fully saturated rings. The number of carbonyl (C=O) groups excluding carboxylic acids is 2. The summed E-state index contributed by atoms with van der Waals surface area (Å²) >= 11 is 7.08. The molecule has 2 aromatic rings. The van der Waals surface area contributed by atoms with Crippen LogP contribution < -0.4 is 10.6 Å². The van der Waals surface area contributed by atoms with E-state index in [-0.39, 0.29) is 18.2 Å². The van der Waals surface area contributed by atoms with Crippen molar-refractivity contribution in [1.82, 2.24) is 5.32 Å². The van der Waals surface area contributed by atoms with Crippen molar-refractivity contribution in [2.45, 2.75) is 11.7 Å². The Morgan fingerprint density at radius 3 is 2.81 bits per heavy atom. The van der Waals surface area contributed by atoms with E-state index in [0.29, 0.717) is 15.9 Å². The van der Waals surface area contributed by atoms with Gasteiger partial charge in [-0.05, 0) is 29.8 Å². The van der Waals surface area contributed by atoms with Crippen molar-refractivity contribution in [3.8, 4) is 0 Å². The van der Waals surface area contributed by atoms with Gasteiger partial charge in [-0.15, -0.1) is 5.10 Å². The van der Waals surface area contributed by atoms with E-state index in [1.54, 1.807) is 30.5 Å². The van der Waals surface area contributed by atoms with Crippen LogP contribution in [-0.2, 0) is 9.59 Å². The van der Waals surface area contributed by atoms with E-state index in [9.17, 15) is 9.59 Å². The number of para-hydroxylation sites is 1. The minimum atomic E-state index is -0.529. The fourth-order valence-electron chi connectivity index (χ4n) is 2.22. The summed E-state index contributed by atoms with van der Waals surface area (Å²) in [7, 11) is 0. The molecule has 1 heterocycles. The molecular weight excluding hydrogens is 372 g/mol. The highest BCUT2D eigenvalue weighted by molar-refractivity contribution is 8.15. The maximum Gasteiger partial charge on any atom is 0.240 e. The summed E-state index contributed by atoms with van der Waals surface area (Å²) in [6.45, 7) is 0. The van der Waals surface area contributed by atoms with Crippen LogP contribution in [0.25, 0.3) is 0 Å². The molecule has 0 radical (unpaired) electrons. The third-order valence-corrected chi connectivity index (χ3v) is 4.72. The Morgan fingerprint density at radius 1 is 1.23 bits per heavy atom. The van der Waals surface area contributed by atoms with E-state index in [2.05, 4.69) is 20.8 Å². The minimum absolute atomic E-state index is 0.0580. The number of hydrogen-bond donors (Lipinski definition) is 2. The average molecular weight is 387 g/mol. The maximum absolute atomic E-state index is 12.1. The Hall–Kier alpha value is -2.64. The molecule has 6 nitrogen and oxygen atoms in total. The van der Waals surface area contributed by atoms with E-state index < -0.39 is 5.25 Å². The van der Waals surface area contributed by atoms with Crippen LogP contribution in [0.3, 0.4) is 0 Å². The number of nitrogens with zero attached hydrogens (tertiary/aromatic N) is 2. The zero-order chi connectivity index (χ0) is 18.4. The number of thioether (sulfide) groups is 1. The highest BCUT2D eigenvalue weighted by atomic mass is 35.5. The smallest absolute Gasteiger partial charge is 0.240 e. The molecule has 2 aromatic carbocycles. The monoisotopic (exact) mass is 386 g/mol. The lowest BCUT2D eigenvalue weighted by atomic mass is 10.2. The molecule has 1 aliphatic rings. The molecule has 0 spiro atoms. The van der Waals surface area contributed by atoms with Crippen LogP contribution in [-0.4, -0.2) is 28.4 Å². The van der Waals surface area contributed by atoms with Gasteiger partial charge in [-0.25, -0.2) is 0 Å². The highest BCUT2D eigenvalue weighted by Crippen LogP contribution is 2.23. The van der Waals surface area contributed by atoms with Crippen molar-refractivity contribution in [3.05, 3.63) is 65.2 Å². The van der Waals surface area contributed by atoms with Gasteiger partial charge in [-0.1, -0.05) is 53.7 Å². The third-order valence-electron chi connectivity index (χ3n) is 3.41. The van der Waals surface area contributed by atoms with E-state index >= 15 is 0 Å². The van der Waals surface area contributed by atoms with E-state index in [1.165, 1.54) is 11.8 Å². The van der Waals surface area contributed by atoms with Crippen LogP contribution in [0, 0.1) is 0 Å². The highest BCUT2D eigenvalue weighted by Gasteiger charge is 2.32. The summed E-state index contributed by atoms with van der Waals surface area (Å²) in [6.07, 6.45) is 1.60. The van der Waals surface area contributed by atoms with Gasteiger partial charge in [0.15, 0.2) is 5.17 Å². The van der Waals surface area contributed by atoms with E-state index in [0.717, 1.165) is 5.56 Å². The summed E-state index contributed by atoms with van der Waals surface area (Å²) in [5.74, 6) is -0.484. The number of carbonyl (C=O) groups is 2. The van der Waals surface area contributed by atoms with Gasteiger partial charge in [0.25, 0.3) is 0 Å². The first-order chi connectivity index (χ1) is 12.6. The summed E-state index contributed by atoms with van der Waals surface area (Å²) in [4.78, 5) is 24.1. The molecule has 0 aliphatic carbocycles. The number of halogens is 1. The summed E-state index contributed by atoms with van der Waals surface area (Å²) in [5, 5.41) is 13.8. The molecule has 2 N–H and O–H groups in total. The molecule has 3 rings (SSSR count). The van der Waals surface area contributed by atoms with Gasteiger partial charge >= 0.3 is 0 Å². The summed E-state index contributed by atoms with van der Waals surface area (Å²) in [6, 6.07) is 16.3. The van der Waals surface area contributed by atoms with Gasteiger partial charge in [-0.3, -0.25) is 9.59 Å². The lowest BCUT2D eigenvalue weighted by Crippen LogP contribution is -2.28. The third kappa shape index (κ3) is 5.18. The Morgan fingerprint density at radius 2 is 2.04 bits per heavy atom. The second-order valence-electron chi connectivity index (χ2n) is 5.42. The second kappa shape index (κ2) is 8.64. The standard InChI is InChI=1S/C18H15ClN4O2S/c19-13-6-4-5-12(9-13)11-20-23-18-22-17(25)15(26-18)10-16(24)21-14-7-2-1-3-8-14/h1-9,11,15H,10H2,(H,21,24)(H,22,23,25)/b20-11-/t15-/m1/s1. The van der Waals surface area contributed by atoms with Crippen LogP contribution in [0.5, 0.6) is 0 Å². The van der Waals surface area contributed by atoms with Crippen LogP contribution in [0.4, 0.5) is 5.69 Å². The summed E-state index contributed by atoms with van der Waals surface area (Å²) < 4.78 is 0. The first-order valence-corrected chi connectivity index (χ1v) is 9.05. The van der Waals surface area contributed by atoms with Gasteiger partial charge in [0, 0.05) is 17.1 Å². The zero-order valence-corrected chi connectivity index (χ0v) is 15.1. The molecule has 26 heavy (non-hydrogen) atoms. The molecule has 2 amide bonds. The van der Waals surface area contributed by atoms with Crippen molar-refractivity contribution >= 4 is 52.2 Å². The van der Waals surface area contributed by atoms with Crippen molar-refractivity contribution < 1.29 is 9.59 Å². The molecule has 1 aliphatic heterocycles. The molecule has 132 valence electrons. The number of amides is 2. The fourth-order valence-corrected chi connectivity index (χ4v) is 3.35. The molecule has 0 unspecified atom stereocenters. The molecule has 1 atom stereocenters. The maximum atomic E-state index is 12.1. The van der Waals surface area contributed by atoms with Gasteiger partial charge in [0.05, 0.1) is 6.21 Å². The number of nitrogens with one attached hydrogen (secondary N) is 2. The Bertz CT molecular complexity index is 871. The number of amidine groups is 1. The Kier molecular flexibility index (Phi) is 6.04. The number of benzene rings is 2. The normalized spacial score (nSPS) is 18.3. The lowest BCUT2D eigenvalue weighted by molar-refractivity contribution is -0.122. The van der Waals surface area contributed by atoms with Gasteiger partial charge in [0.1, 0.15) is 5.25 Å². The Labute approximate surface area is 159 Å². The SMILES string of the molecule is O=C(C[C@H]1S/C(=N\N=C/c2cccc(Cl)c2)NC1=O)Nc1ccccc1. The number of hydrogen-bond acceptors (Lipinski definition) is 5. The van der Waals surface area contributed by atoms with Crippen molar-refractivity contribution in [2.24, 2.45) is 10.2 Å². The van der Waals surface area contributed by atoms with Crippen molar-refractivity contribution in [1.29, 1.82) is 0 Å². The average Bonchev–Trinajstić information content (AvgIpc) is 2.95. The van der Waals surface area contributed by atoms with E-state index in [4.69, 9.17) is 11.6 Å². The predicted octanol–water partition coefficient (Wildman–Crippen LogP) is 3.29.